The molecule has 3 nitrogen and oxygen atoms in total. The summed E-state index contributed by atoms with van der Waals surface area (Å²) in [7, 11) is 0. The number of carbonyl (C=O) groups is 1. The minimum atomic E-state index is -0.209. The molecule has 0 bridgehead atoms. The van der Waals surface area contributed by atoms with E-state index in [0.29, 0.717) is 12.2 Å². The zero-order valence-corrected chi connectivity index (χ0v) is 7.35. The number of hydrogen-bond donors (Lipinski definition) is 1. The van der Waals surface area contributed by atoms with E-state index in [1.807, 2.05) is 13.8 Å². The van der Waals surface area contributed by atoms with E-state index < -0.39 is 0 Å². The SMILES string of the molecule is CC1(C)Cc2[nH]ncc2CC1=O. The Kier molecular flexibility index (Phi) is 1.37. The molecule has 0 aliphatic heterocycles. The van der Waals surface area contributed by atoms with Crippen LogP contribution in [-0.2, 0) is 17.6 Å². The fraction of sp³-hybridized carbons (Fsp3) is 0.556. The first kappa shape index (κ1) is 7.53. The van der Waals surface area contributed by atoms with Crippen LogP contribution >= 0.6 is 0 Å². The van der Waals surface area contributed by atoms with Crippen molar-refractivity contribution in [2.45, 2.75) is 26.7 Å². The Morgan fingerprint density at radius 1 is 1.58 bits per heavy atom. The molecule has 0 saturated heterocycles. The normalized spacial score (nSPS) is 20.7. The van der Waals surface area contributed by atoms with E-state index in [-0.39, 0.29) is 5.41 Å². The molecule has 1 aliphatic carbocycles. The standard InChI is InChI=1S/C9H12N2O/c1-9(2)4-7-6(3-8(9)12)5-10-11-7/h5H,3-4H2,1-2H3,(H,10,11). The Bertz CT molecular complexity index is 325. The van der Waals surface area contributed by atoms with Crippen molar-refractivity contribution >= 4 is 5.78 Å². The monoisotopic (exact) mass is 164 g/mol. The van der Waals surface area contributed by atoms with Gasteiger partial charge in [0.15, 0.2) is 0 Å². The molecule has 0 saturated carbocycles. The van der Waals surface area contributed by atoms with Crippen molar-refractivity contribution in [3.63, 3.8) is 0 Å². The van der Waals surface area contributed by atoms with Crippen molar-refractivity contribution in [3.8, 4) is 0 Å². The largest absolute Gasteiger partial charge is 0.299 e. The molecule has 0 amide bonds. The van der Waals surface area contributed by atoms with Gasteiger partial charge in [-0.05, 0) is 0 Å². The summed E-state index contributed by atoms with van der Waals surface area (Å²) in [6, 6.07) is 0. The second kappa shape index (κ2) is 2.19. The van der Waals surface area contributed by atoms with E-state index in [1.165, 1.54) is 0 Å². The minimum Gasteiger partial charge on any atom is -0.299 e. The molecule has 1 aliphatic rings. The molecule has 2 rings (SSSR count). The maximum absolute atomic E-state index is 11.5. The molecule has 1 heterocycles. The highest BCUT2D eigenvalue weighted by Gasteiger charge is 2.34. The van der Waals surface area contributed by atoms with Crippen molar-refractivity contribution in [2.75, 3.05) is 0 Å². The van der Waals surface area contributed by atoms with Crippen molar-refractivity contribution in [3.05, 3.63) is 17.5 Å². The zero-order chi connectivity index (χ0) is 8.77. The summed E-state index contributed by atoms with van der Waals surface area (Å²) in [4.78, 5) is 11.5. The number of H-pyrrole nitrogens is 1. The third kappa shape index (κ3) is 0.967. The number of nitrogens with zero attached hydrogens (tertiary/aromatic N) is 1. The van der Waals surface area contributed by atoms with Gasteiger partial charge in [0.2, 0.25) is 0 Å². The maximum atomic E-state index is 11.5. The second-order valence-electron chi connectivity index (χ2n) is 4.03. The summed E-state index contributed by atoms with van der Waals surface area (Å²) in [6.45, 7) is 3.97. The number of hydrogen-bond acceptors (Lipinski definition) is 2. The van der Waals surface area contributed by atoms with Gasteiger partial charge in [0.25, 0.3) is 0 Å². The van der Waals surface area contributed by atoms with Gasteiger partial charge >= 0.3 is 0 Å². The zero-order valence-electron chi connectivity index (χ0n) is 7.35. The molecule has 1 aromatic heterocycles. The molecule has 12 heavy (non-hydrogen) atoms. The quantitative estimate of drug-likeness (QED) is 0.624. The lowest BCUT2D eigenvalue weighted by Crippen LogP contribution is -2.32. The molecule has 0 radical (unpaired) electrons. The van der Waals surface area contributed by atoms with Crippen LogP contribution in [0.25, 0.3) is 0 Å². The number of carbonyl (C=O) groups excluding carboxylic acids is 1. The average molecular weight is 164 g/mol. The summed E-state index contributed by atoms with van der Waals surface area (Å²) >= 11 is 0. The maximum Gasteiger partial charge on any atom is 0.143 e. The first-order valence-electron chi connectivity index (χ1n) is 4.14. The lowest BCUT2D eigenvalue weighted by atomic mass is 9.76. The smallest absolute Gasteiger partial charge is 0.143 e. The molecule has 0 atom stereocenters. The van der Waals surface area contributed by atoms with Crippen molar-refractivity contribution < 1.29 is 4.79 Å². The molecular weight excluding hydrogens is 152 g/mol. The van der Waals surface area contributed by atoms with Gasteiger partial charge < -0.3 is 0 Å². The number of rotatable bonds is 0. The molecule has 1 aromatic rings. The molecule has 0 unspecified atom stereocenters. The van der Waals surface area contributed by atoms with Crippen LogP contribution < -0.4 is 0 Å². The highest BCUT2D eigenvalue weighted by Crippen LogP contribution is 2.30. The molecule has 0 fully saturated rings. The van der Waals surface area contributed by atoms with Crippen LogP contribution in [0, 0.1) is 5.41 Å². The summed E-state index contributed by atoms with van der Waals surface area (Å²) < 4.78 is 0. The predicted molar refractivity (Wildman–Crippen MR) is 44.8 cm³/mol. The Labute approximate surface area is 71.2 Å². The molecule has 64 valence electrons. The second-order valence-corrected chi connectivity index (χ2v) is 4.03. The summed E-state index contributed by atoms with van der Waals surface area (Å²) in [6.07, 6.45) is 3.09. The van der Waals surface area contributed by atoms with E-state index in [0.717, 1.165) is 17.7 Å². The average Bonchev–Trinajstić information content (AvgIpc) is 2.35. The Morgan fingerprint density at radius 3 is 3.08 bits per heavy atom. The van der Waals surface area contributed by atoms with Gasteiger partial charge in [0, 0.05) is 29.5 Å². The van der Waals surface area contributed by atoms with Crippen LogP contribution in [0.15, 0.2) is 6.20 Å². The van der Waals surface area contributed by atoms with E-state index in [4.69, 9.17) is 0 Å². The fourth-order valence-corrected chi connectivity index (χ4v) is 1.60. The molecule has 0 spiro atoms. The summed E-state index contributed by atoms with van der Waals surface area (Å²) in [5.41, 5.74) is 1.98. The van der Waals surface area contributed by atoms with Crippen LogP contribution in [0.2, 0.25) is 0 Å². The van der Waals surface area contributed by atoms with Crippen LogP contribution in [0.4, 0.5) is 0 Å². The lowest BCUT2D eigenvalue weighted by molar-refractivity contribution is -0.127. The van der Waals surface area contributed by atoms with Crippen LogP contribution in [0.1, 0.15) is 25.1 Å². The Balaban J connectivity index is 2.42. The number of ketones is 1. The van der Waals surface area contributed by atoms with Gasteiger partial charge in [-0.1, -0.05) is 13.8 Å². The minimum absolute atomic E-state index is 0.209. The van der Waals surface area contributed by atoms with Crippen LogP contribution in [-0.4, -0.2) is 16.0 Å². The summed E-state index contributed by atoms with van der Waals surface area (Å²) in [5.74, 6) is 0.316. The highest BCUT2D eigenvalue weighted by atomic mass is 16.1. The topological polar surface area (TPSA) is 45.8 Å². The van der Waals surface area contributed by atoms with E-state index in [1.54, 1.807) is 6.20 Å². The summed E-state index contributed by atoms with van der Waals surface area (Å²) in [5, 5.41) is 6.86. The van der Waals surface area contributed by atoms with Crippen LogP contribution in [0.3, 0.4) is 0 Å². The molecule has 1 N–H and O–H groups in total. The highest BCUT2D eigenvalue weighted by molar-refractivity contribution is 5.88. The van der Waals surface area contributed by atoms with Gasteiger partial charge in [-0.25, -0.2) is 0 Å². The van der Waals surface area contributed by atoms with Gasteiger partial charge in [0.05, 0.1) is 6.20 Å². The third-order valence-corrected chi connectivity index (χ3v) is 2.53. The fourth-order valence-electron chi connectivity index (χ4n) is 1.60. The Morgan fingerprint density at radius 2 is 2.33 bits per heavy atom. The molecule has 0 aromatic carbocycles. The molecule has 3 heteroatoms. The third-order valence-electron chi connectivity index (χ3n) is 2.53. The van der Waals surface area contributed by atoms with Crippen molar-refractivity contribution in [2.24, 2.45) is 5.41 Å². The van der Waals surface area contributed by atoms with E-state index in [9.17, 15) is 4.79 Å². The van der Waals surface area contributed by atoms with Crippen LogP contribution in [0.5, 0.6) is 0 Å². The van der Waals surface area contributed by atoms with Gasteiger partial charge in [-0.3, -0.25) is 9.89 Å². The predicted octanol–water partition coefficient (Wildman–Crippen LogP) is 1.10. The number of Topliss-reactive ketones (excluding diaryl/α,β-unsaturated/α-hetero) is 1. The number of fused-ring (bicyclic) bond motifs is 1. The first-order chi connectivity index (χ1) is 5.59. The number of nitrogens with one attached hydrogen (secondary N) is 1. The number of aromatic nitrogens is 2. The van der Waals surface area contributed by atoms with E-state index >= 15 is 0 Å². The van der Waals surface area contributed by atoms with Crippen molar-refractivity contribution in [1.82, 2.24) is 10.2 Å². The lowest BCUT2D eigenvalue weighted by Gasteiger charge is -2.26. The number of aromatic amines is 1. The molecular formula is C9H12N2O. The Hall–Kier alpha value is -1.12. The van der Waals surface area contributed by atoms with Gasteiger partial charge in [-0.2, -0.15) is 5.10 Å². The van der Waals surface area contributed by atoms with Gasteiger partial charge in [0.1, 0.15) is 5.78 Å². The van der Waals surface area contributed by atoms with Gasteiger partial charge in [-0.15, -0.1) is 0 Å². The first-order valence-corrected chi connectivity index (χ1v) is 4.14. The van der Waals surface area contributed by atoms with Crippen molar-refractivity contribution in [1.29, 1.82) is 0 Å². The van der Waals surface area contributed by atoms with E-state index in [2.05, 4.69) is 10.2 Å².